The fourth-order valence-corrected chi connectivity index (χ4v) is 9.59. The van der Waals surface area contributed by atoms with E-state index in [1.54, 1.807) is 0 Å². The van der Waals surface area contributed by atoms with E-state index in [4.69, 9.17) is 0 Å². The second-order valence-corrected chi connectivity index (χ2v) is 14.8. The first kappa shape index (κ1) is 28.3. The number of fused-ring (bicyclic) bond motifs is 9. The van der Waals surface area contributed by atoms with Gasteiger partial charge in [-0.3, -0.25) is 0 Å². The highest BCUT2D eigenvalue weighted by Gasteiger charge is 2.36. The van der Waals surface area contributed by atoms with Crippen molar-refractivity contribution in [2.75, 3.05) is 4.90 Å². The minimum atomic E-state index is -0.0596. The second-order valence-electron chi connectivity index (χ2n) is 13.7. The molecule has 0 saturated carbocycles. The molecule has 0 spiro atoms. The van der Waals surface area contributed by atoms with Gasteiger partial charge < -0.3 is 4.90 Å². The number of anilines is 3. The van der Waals surface area contributed by atoms with Crippen molar-refractivity contribution in [2.45, 2.75) is 19.3 Å². The quantitative estimate of drug-likeness (QED) is 0.184. The molecule has 0 aliphatic heterocycles. The Morgan fingerprint density at radius 1 is 0.449 bits per heavy atom. The summed E-state index contributed by atoms with van der Waals surface area (Å²) >= 11 is 1.90. The summed E-state index contributed by atoms with van der Waals surface area (Å²) in [5.74, 6) is 0. The molecule has 0 bridgehead atoms. The van der Waals surface area contributed by atoms with E-state index in [2.05, 4.69) is 183 Å². The van der Waals surface area contributed by atoms with Gasteiger partial charge in [-0.05, 0) is 79.7 Å². The number of hydrogen-bond acceptors (Lipinski definition) is 2. The first-order valence-electron chi connectivity index (χ1n) is 17.0. The highest BCUT2D eigenvalue weighted by molar-refractivity contribution is 7.26. The molecule has 0 saturated heterocycles. The van der Waals surface area contributed by atoms with Crippen LogP contribution in [0.4, 0.5) is 17.1 Å². The van der Waals surface area contributed by atoms with Crippen molar-refractivity contribution >= 4 is 70.1 Å². The Hall–Kier alpha value is -5.70. The van der Waals surface area contributed by atoms with E-state index in [0.29, 0.717) is 0 Å². The van der Waals surface area contributed by atoms with Gasteiger partial charge in [0.05, 0.1) is 11.4 Å². The zero-order valence-corrected chi connectivity index (χ0v) is 28.3. The molecule has 0 radical (unpaired) electrons. The van der Waals surface area contributed by atoms with Gasteiger partial charge >= 0.3 is 0 Å². The van der Waals surface area contributed by atoms with Crippen LogP contribution in [-0.4, -0.2) is 0 Å². The van der Waals surface area contributed by atoms with Gasteiger partial charge in [0.15, 0.2) is 0 Å². The molecule has 49 heavy (non-hydrogen) atoms. The lowest BCUT2D eigenvalue weighted by Gasteiger charge is -2.30. The van der Waals surface area contributed by atoms with E-state index in [0.717, 1.165) is 11.4 Å². The molecule has 10 rings (SSSR count). The van der Waals surface area contributed by atoms with Gasteiger partial charge in [0, 0.05) is 36.8 Å². The third-order valence-electron chi connectivity index (χ3n) is 10.6. The van der Waals surface area contributed by atoms with Gasteiger partial charge in [-0.2, -0.15) is 0 Å². The maximum absolute atomic E-state index is 2.54. The number of thiophene rings is 1. The Morgan fingerprint density at radius 3 is 1.96 bits per heavy atom. The van der Waals surface area contributed by atoms with Gasteiger partial charge in [0.1, 0.15) is 0 Å². The molecule has 9 aromatic rings. The Bertz CT molecular complexity index is 2760. The Balaban J connectivity index is 1.33. The molecular weight excluding hydrogens is 611 g/mol. The Morgan fingerprint density at radius 2 is 1.08 bits per heavy atom. The lowest BCUT2D eigenvalue weighted by Crippen LogP contribution is -2.15. The van der Waals surface area contributed by atoms with Crippen LogP contribution in [0.5, 0.6) is 0 Å². The first-order valence-corrected chi connectivity index (χ1v) is 17.8. The van der Waals surface area contributed by atoms with E-state index >= 15 is 0 Å². The van der Waals surface area contributed by atoms with Gasteiger partial charge in [-0.15, -0.1) is 11.3 Å². The smallest absolute Gasteiger partial charge is 0.0561 e. The number of benzene rings is 8. The van der Waals surface area contributed by atoms with Gasteiger partial charge in [-0.1, -0.05) is 147 Å². The lowest BCUT2D eigenvalue weighted by atomic mass is 9.82. The Kier molecular flexibility index (Phi) is 6.16. The minimum absolute atomic E-state index is 0.0596. The number of nitrogens with zero attached hydrogens (tertiary/aromatic N) is 1. The summed E-state index contributed by atoms with van der Waals surface area (Å²) < 4.78 is 2.64. The molecule has 0 N–H and O–H groups in total. The van der Waals surface area contributed by atoms with Crippen LogP contribution >= 0.6 is 11.3 Å². The number of rotatable bonds is 4. The minimum Gasteiger partial charge on any atom is -0.309 e. The molecule has 1 heterocycles. The highest BCUT2D eigenvalue weighted by atomic mass is 32.1. The van der Waals surface area contributed by atoms with Crippen molar-refractivity contribution in [3.63, 3.8) is 0 Å². The maximum Gasteiger partial charge on any atom is 0.0561 e. The predicted octanol–water partition coefficient (Wildman–Crippen LogP) is 13.8. The van der Waals surface area contributed by atoms with Gasteiger partial charge in [0.25, 0.3) is 0 Å². The molecular formula is C47H33NS. The van der Waals surface area contributed by atoms with E-state index in [1.807, 2.05) is 11.3 Å². The standard InChI is InChI=1S/C47H33NS/c1-47(2)40-23-10-7-19-36(40)39-29-32(26-27-41(39)47)48(42-24-11-8-20-37(42)35-22-13-16-30-14-3-5-17-33(30)35)43-28-31-15-4-6-18-34(31)46-45(43)38-21-9-12-25-44(38)49-46/h3-29H,1-2H3. The fraction of sp³-hybridized carbons (Fsp3) is 0.0638. The van der Waals surface area contributed by atoms with Crippen molar-refractivity contribution in [2.24, 2.45) is 0 Å². The van der Waals surface area contributed by atoms with Gasteiger partial charge in [-0.25, -0.2) is 0 Å². The maximum atomic E-state index is 2.54. The third-order valence-corrected chi connectivity index (χ3v) is 11.8. The molecule has 1 nitrogen and oxygen atoms in total. The molecule has 232 valence electrons. The van der Waals surface area contributed by atoms with Crippen molar-refractivity contribution in [1.29, 1.82) is 0 Å². The monoisotopic (exact) mass is 643 g/mol. The summed E-state index contributed by atoms with van der Waals surface area (Å²) in [7, 11) is 0. The third kappa shape index (κ3) is 4.17. The number of para-hydroxylation sites is 1. The van der Waals surface area contributed by atoms with Crippen molar-refractivity contribution in [3.05, 3.63) is 175 Å². The van der Waals surface area contributed by atoms with Crippen LogP contribution in [0.3, 0.4) is 0 Å². The van der Waals surface area contributed by atoms with Crippen LogP contribution in [0.1, 0.15) is 25.0 Å². The average Bonchev–Trinajstić information content (AvgIpc) is 3.65. The molecule has 1 aromatic heterocycles. The van der Waals surface area contributed by atoms with E-state index in [9.17, 15) is 0 Å². The Labute approximate surface area is 290 Å². The van der Waals surface area contributed by atoms with Crippen LogP contribution in [0.15, 0.2) is 164 Å². The first-order chi connectivity index (χ1) is 24.1. The van der Waals surface area contributed by atoms with Crippen LogP contribution in [0, 0.1) is 0 Å². The van der Waals surface area contributed by atoms with E-state index in [1.165, 1.54) is 80.8 Å². The van der Waals surface area contributed by atoms with Crippen molar-refractivity contribution in [3.8, 4) is 22.3 Å². The van der Waals surface area contributed by atoms with Crippen LogP contribution in [0.2, 0.25) is 0 Å². The van der Waals surface area contributed by atoms with Crippen molar-refractivity contribution in [1.82, 2.24) is 0 Å². The summed E-state index contributed by atoms with van der Waals surface area (Å²) in [6.07, 6.45) is 0. The molecule has 1 aliphatic rings. The summed E-state index contributed by atoms with van der Waals surface area (Å²) in [5, 5.41) is 7.64. The molecule has 2 heteroatoms. The lowest BCUT2D eigenvalue weighted by molar-refractivity contribution is 0.660. The topological polar surface area (TPSA) is 3.24 Å². The molecule has 0 atom stereocenters. The van der Waals surface area contributed by atoms with E-state index < -0.39 is 0 Å². The van der Waals surface area contributed by atoms with Crippen molar-refractivity contribution < 1.29 is 0 Å². The van der Waals surface area contributed by atoms with Crippen LogP contribution in [-0.2, 0) is 5.41 Å². The fourth-order valence-electron chi connectivity index (χ4n) is 8.33. The normalized spacial score (nSPS) is 13.3. The molecule has 1 aliphatic carbocycles. The second kappa shape index (κ2) is 10.7. The highest BCUT2D eigenvalue weighted by Crippen LogP contribution is 2.53. The summed E-state index contributed by atoms with van der Waals surface area (Å²) in [4.78, 5) is 2.54. The predicted molar refractivity (Wildman–Crippen MR) is 212 cm³/mol. The summed E-state index contributed by atoms with van der Waals surface area (Å²) in [5.41, 5.74) is 11.3. The van der Waals surface area contributed by atoms with Crippen LogP contribution in [0.25, 0.3) is 64.0 Å². The zero-order chi connectivity index (χ0) is 32.7. The van der Waals surface area contributed by atoms with Crippen LogP contribution < -0.4 is 4.90 Å². The largest absolute Gasteiger partial charge is 0.309 e. The van der Waals surface area contributed by atoms with Gasteiger partial charge in [0.2, 0.25) is 0 Å². The summed E-state index contributed by atoms with van der Waals surface area (Å²) in [6.45, 7) is 4.71. The zero-order valence-electron chi connectivity index (χ0n) is 27.4. The molecule has 0 fully saturated rings. The summed E-state index contributed by atoms with van der Waals surface area (Å²) in [6, 6.07) is 60.7. The molecule has 8 aromatic carbocycles. The number of hydrogen-bond donors (Lipinski definition) is 0. The average molecular weight is 644 g/mol. The molecule has 0 amide bonds. The van der Waals surface area contributed by atoms with E-state index in [-0.39, 0.29) is 5.41 Å². The SMILES string of the molecule is CC1(C)c2ccccc2-c2cc(N(c3ccccc3-c3cccc4ccccc34)c3cc4ccccc4c4sc5ccccc5c34)ccc21. The molecule has 0 unspecified atom stereocenters.